The van der Waals surface area contributed by atoms with Crippen LogP contribution in [0.2, 0.25) is 0 Å². The summed E-state index contributed by atoms with van der Waals surface area (Å²) < 4.78 is 0. The molecule has 0 fully saturated rings. The molecule has 0 unspecified atom stereocenters. The van der Waals surface area contributed by atoms with Crippen molar-refractivity contribution in [3.05, 3.63) is 21.7 Å². The third-order valence-electron chi connectivity index (χ3n) is 1.99. The van der Waals surface area contributed by atoms with Crippen molar-refractivity contribution in [1.82, 2.24) is 4.98 Å². The normalized spacial score (nSPS) is 10.3. The van der Waals surface area contributed by atoms with Crippen LogP contribution in [0, 0.1) is 10.1 Å². The first-order valence-corrected chi connectivity index (χ1v) is 5.80. The fourth-order valence-electron chi connectivity index (χ4n) is 1.36. The topological polar surface area (TPSA) is 82.0 Å². The zero-order chi connectivity index (χ0) is 11.4. The molecule has 0 aliphatic rings. The lowest BCUT2D eigenvalue weighted by atomic mass is 10.1. The van der Waals surface area contributed by atoms with Crippen LogP contribution < -0.4 is 5.73 Å². The molecule has 0 atom stereocenters. The van der Waals surface area contributed by atoms with Crippen LogP contribution in [0.1, 0.15) is 18.9 Å². The molecule has 0 spiro atoms. The molecule has 0 radical (unpaired) electrons. The van der Waals surface area contributed by atoms with Crippen LogP contribution in [-0.2, 0) is 6.42 Å². The first-order chi connectivity index (χ1) is 7.10. The molecule has 0 bridgehead atoms. The molecule has 6 heteroatoms. The maximum absolute atomic E-state index is 10.8. The molecule has 0 aromatic carbocycles. The first kappa shape index (κ1) is 11.8. The van der Waals surface area contributed by atoms with Crippen molar-refractivity contribution in [2.24, 2.45) is 0 Å². The van der Waals surface area contributed by atoms with Crippen LogP contribution in [0.5, 0.6) is 0 Å². The summed E-state index contributed by atoms with van der Waals surface area (Å²) in [6.45, 7) is 1.97. The number of hydrogen-bond donors (Lipinski definition) is 1. The Kier molecular flexibility index (Phi) is 3.90. The van der Waals surface area contributed by atoms with Crippen molar-refractivity contribution in [3.8, 4) is 0 Å². The van der Waals surface area contributed by atoms with E-state index in [0.29, 0.717) is 12.0 Å². The van der Waals surface area contributed by atoms with Gasteiger partial charge in [-0.25, -0.2) is 4.98 Å². The SMILES string of the molecule is CCCc1cc(SC)nc(N)c1[N+](=O)[O-]. The Balaban J connectivity index is 3.28. The van der Waals surface area contributed by atoms with Crippen LogP contribution >= 0.6 is 11.8 Å². The summed E-state index contributed by atoms with van der Waals surface area (Å²) in [5, 5.41) is 11.5. The average molecular weight is 227 g/mol. The molecule has 1 aromatic rings. The molecule has 15 heavy (non-hydrogen) atoms. The van der Waals surface area contributed by atoms with E-state index in [4.69, 9.17) is 5.73 Å². The summed E-state index contributed by atoms with van der Waals surface area (Å²) in [4.78, 5) is 14.3. The lowest BCUT2D eigenvalue weighted by Crippen LogP contribution is -2.03. The third kappa shape index (κ3) is 2.59. The number of anilines is 1. The molecule has 5 nitrogen and oxygen atoms in total. The predicted molar refractivity (Wildman–Crippen MR) is 61.1 cm³/mol. The summed E-state index contributed by atoms with van der Waals surface area (Å²) in [6, 6.07) is 1.74. The number of rotatable bonds is 4. The van der Waals surface area contributed by atoms with Crippen LogP contribution in [0.3, 0.4) is 0 Å². The van der Waals surface area contributed by atoms with Gasteiger partial charge in [0, 0.05) is 5.56 Å². The summed E-state index contributed by atoms with van der Waals surface area (Å²) >= 11 is 1.43. The van der Waals surface area contributed by atoms with E-state index in [1.54, 1.807) is 6.07 Å². The molecular formula is C9H13N3O2S. The molecule has 0 amide bonds. The van der Waals surface area contributed by atoms with E-state index in [2.05, 4.69) is 4.98 Å². The molecule has 0 aliphatic carbocycles. The van der Waals surface area contributed by atoms with Gasteiger partial charge in [-0.1, -0.05) is 13.3 Å². The van der Waals surface area contributed by atoms with Gasteiger partial charge >= 0.3 is 5.69 Å². The van der Waals surface area contributed by atoms with Crippen LogP contribution in [-0.4, -0.2) is 16.2 Å². The number of aryl methyl sites for hydroxylation is 1. The Morgan fingerprint density at radius 3 is 2.80 bits per heavy atom. The van der Waals surface area contributed by atoms with E-state index in [1.807, 2.05) is 13.2 Å². The summed E-state index contributed by atoms with van der Waals surface area (Å²) in [5.74, 6) is 0.00954. The molecule has 0 saturated carbocycles. The molecule has 82 valence electrons. The number of pyridine rings is 1. The molecule has 0 aliphatic heterocycles. The molecule has 1 rings (SSSR count). The lowest BCUT2D eigenvalue weighted by Gasteiger charge is -2.05. The van der Waals surface area contributed by atoms with Crippen molar-refractivity contribution in [2.75, 3.05) is 12.0 Å². The second-order valence-corrected chi connectivity index (χ2v) is 3.89. The highest BCUT2D eigenvalue weighted by atomic mass is 32.2. The number of nitrogen functional groups attached to an aromatic ring is 1. The van der Waals surface area contributed by atoms with E-state index < -0.39 is 4.92 Å². The first-order valence-electron chi connectivity index (χ1n) is 4.58. The molecule has 1 heterocycles. The number of nitrogens with two attached hydrogens (primary N) is 1. The second-order valence-electron chi connectivity index (χ2n) is 3.06. The van der Waals surface area contributed by atoms with Gasteiger partial charge in [0.1, 0.15) is 0 Å². The van der Waals surface area contributed by atoms with Gasteiger partial charge in [-0.3, -0.25) is 10.1 Å². The quantitative estimate of drug-likeness (QED) is 0.484. The summed E-state index contributed by atoms with van der Waals surface area (Å²) in [6.07, 6.45) is 3.36. The fraction of sp³-hybridized carbons (Fsp3) is 0.444. The Morgan fingerprint density at radius 2 is 2.33 bits per heavy atom. The van der Waals surface area contributed by atoms with E-state index in [1.165, 1.54) is 11.8 Å². The van der Waals surface area contributed by atoms with Gasteiger partial charge in [0.05, 0.1) is 9.95 Å². The van der Waals surface area contributed by atoms with E-state index in [0.717, 1.165) is 11.4 Å². The largest absolute Gasteiger partial charge is 0.378 e. The van der Waals surface area contributed by atoms with Crippen LogP contribution in [0.25, 0.3) is 0 Å². The average Bonchev–Trinajstić information content (AvgIpc) is 2.16. The van der Waals surface area contributed by atoms with E-state index in [9.17, 15) is 10.1 Å². The monoisotopic (exact) mass is 227 g/mol. The Hall–Kier alpha value is -1.30. The fourth-order valence-corrected chi connectivity index (χ4v) is 1.81. The van der Waals surface area contributed by atoms with Gasteiger partial charge in [0.25, 0.3) is 0 Å². The van der Waals surface area contributed by atoms with Gasteiger partial charge in [0.15, 0.2) is 0 Å². The zero-order valence-electron chi connectivity index (χ0n) is 8.69. The lowest BCUT2D eigenvalue weighted by molar-refractivity contribution is -0.384. The van der Waals surface area contributed by atoms with E-state index in [-0.39, 0.29) is 11.5 Å². The molecule has 0 saturated heterocycles. The van der Waals surface area contributed by atoms with Crippen molar-refractivity contribution < 1.29 is 4.92 Å². The van der Waals surface area contributed by atoms with E-state index >= 15 is 0 Å². The minimum absolute atomic E-state index is 0.00954. The Morgan fingerprint density at radius 1 is 1.67 bits per heavy atom. The minimum atomic E-state index is -0.461. The maximum atomic E-state index is 10.8. The second kappa shape index (κ2) is 4.97. The molecule has 1 aromatic heterocycles. The number of thioether (sulfide) groups is 1. The van der Waals surface area contributed by atoms with Gasteiger partial charge in [0.2, 0.25) is 5.82 Å². The minimum Gasteiger partial charge on any atom is -0.378 e. The van der Waals surface area contributed by atoms with Gasteiger partial charge in [-0.2, -0.15) is 0 Å². The molecule has 2 N–H and O–H groups in total. The maximum Gasteiger partial charge on any atom is 0.314 e. The van der Waals surface area contributed by atoms with Crippen LogP contribution in [0.4, 0.5) is 11.5 Å². The standard InChI is InChI=1S/C9H13N3O2S/c1-3-4-6-5-7(15-2)11-9(10)8(6)12(13)14/h5H,3-4H2,1-2H3,(H2,10,11). The number of aromatic nitrogens is 1. The van der Waals surface area contributed by atoms with Gasteiger partial charge < -0.3 is 5.73 Å². The van der Waals surface area contributed by atoms with Crippen LogP contribution in [0.15, 0.2) is 11.1 Å². The number of nitro groups is 1. The Labute approximate surface area is 92.2 Å². The van der Waals surface area contributed by atoms with Gasteiger partial charge in [-0.05, 0) is 18.7 Å². The van der Waals surface area contributed by atoms with Crippen molar-refractivity contribution in [3.63, 3.8) is 0 Å². The summed E-state index contributed by atoms with van der Waals surface area (Å²) in [5.41, 5.74) is 6.18. The van der Waals surface area contributed by atoms with Gasteiger partial charge in [-0.15, -0.1) is 11.8 Å². The Bertz CT molecular complexity index is 382. The van der Waals surface area contributed by atoms with Crippen molar-refractivity contribution in [1.29, 1.82) is 0 Å². The smallest absolute Gasteiger partial charge is 0.314 e. The van der Waals surface area contributed by atoms with Crippen molar-refractivity contribution in [2.45, 2.75) is 24.8 Å². The third-order valence-corrected chi connectivity index (χ3v) is 2.61. The number of hydrogen-bond acceptors (Lipinski definition) is 5. The highest BCUT2D eigenvalue weighted by molar-refractivity contribution is 7.98. The van der Waals surface area contributed by atoms with Crippen molar-refractivity contribution >= 4 is 23.3 Å². The molecular weight excluding hydrogens is 214 g/mol. The highest BCUT2D eigenvalue weighted by Crippen LogP contribution is 2.29. The number of nitrogens with zero attached hydrogens (tertiary/aromatic N) is 2. The summed E-state index contributed by atoms with van der Waals surface area (Å²) in [7, 11) is 0. The highest BCUT2D eigenvalue weighted by Gasteiger charge is 2.19. The predicted octanol–water partition coefficient (Wildman–Crippen LogP) is 2.25. The zero-order valence-corrected chi connectivity index (χ0v) is 9.50.